The zero-order valence-electron chi connectivity index (χ0n) is 13.0. The summed E-state index contributed by atoms with van der Waals surface area (Å²) in [5.41, 5.74) is 1.21. The molecule has 108 valence electrons. The molecule has 1 atom stereocenters. The van der Waals surface area contributed by atoms with Crippen LogP contribution >= 0.6 is 0 Å². The Balaban J connectivity index is 2.74. The Bertz CT molecular complexity index is 367. The molecule has 1 rings (SSSR count). The molecule has 0 aliphatic carbocycles. The van der Waals surface area contributed by atoms with Gasteiger partial charge >= 0.3 is 0 Å². The normalized spacial score (nSPS) is 13.8. The quantitative estimate of drug-likeness (QED) is 0.764. The van der Waals surface area contributed by atoms with Crippen LogP contribution in [0.3, 0.4) is 0 Å². The first-order valence-electron chi connectivity index (χ1n) is 7.31. The Morgan fingerprint density at radius 3 is 2.16 bits per heavy atom. The van der Waals surface area contributed by atoms with E-state index in [9.17, 15) is 4.39 Å². The van der Waals surface area contributed by atoms with Crippen molar-refractivity contribution < 1.29 is 4.39 Å². The Hall–Kier alpha value is -0.890. The van der Waals surface area contributed by atoms with Gasteiger partial charge in [0.15, 0.2) is 0 Å². The molecule has 0 aliphatic heterocycles. The van der Waals surface area contributed by atoms with Crippen molar-refractivity contribution in [2.45, 2.75) is 58.4 Å². The monoisotopic (exact) mass is 265 g/mol. The lowest BCUT2D eigenvalue weighted by Gasteiger charge is -2.35. The summed E-state index contributed by atoms with van der Waals surface area (Å²) in [7, 11) is 2.02. The van der Waals surface area contributed by atoms with E-state index in [0.717, 1.165) is 12.3 Å². The maximum atomic E-state index is 13.0. The van der Waals surface area contributed by atoms with Crippen LogP contribution in [-0.2, 0) is 5.41 Å². The first kappa shape index (κ1) is 16.2. The molecule has 19 heavy (non-hydrogen) atoms. The van der Waals surface area contributed by atoms with Crippen molar-refractivity contribution in [1.82, 2.24) is 5.32 Å². The zero-order valence-corrected chi connectivity index (χ0v) is 13.0. The van der Waals surface area contributed by atoms with E-state index < -0.39 is 0 Å². The highest BCUT2D eigenvalue weighted by Gasteiger charge is 2.29. The summed E-state index contributed by atoms with van der Waals surface area (Å²) in [5.74, 6) is 0.590. The van der Waals surface area contributed by atoms with Crippen LogP contribution in [0.1, 0.15) is 52.5 Å². The highest BCUT2D eigenvalue weighted by molar-refractivity contribution is 5.26. The third-order valence-corrected chi connectivity index (χ3v) is 4.08. The van der Waals surface area contributed by atoms with E-state index in [0.29, 0.717) is 6.04 Å². The maximum Gasteiger partial charge on any atom is 0.123 e. The molecule has 0 radical (unpaired) electrons. The summed E-state index contributed by atoms with van der Waals surface area (Å²) >= 11 is 0. The van der Waals surface area contributed by atoms with Gasteiger partial charge in [-0.05, 0) is 37.1 Å². The van der Waals surface area contributed by atoms with E-state index in [1.165, 1.54) is 18.4 Å². The number of likely N-dealkylation sites (N-methyl/N-ethyl adjacent to an activating group) is 1. The highest BCUT2D eigenvalue weighted by Crippen LogP contribution is 2.30. The third kappa shape index (κ3) is 4.61. The van der Waals surface area contributed by atoms with E-state index in [2.05, 4.69) is 33.0 Å². The fourth-order valence-electron chi connectivity index (χ4n) is 2.68. The second kappa shape index (κ2) is 7.04. The van der Waals surface area contributed by atoms with Gasteiger partial charge in [-0.25, -0.2) is 4.39 Å². The molecule has 0 saturated carbocycles. The minimum absolute atomic E-state index is 0.0133. The van der Waals surface area contributed by atoms with Gasteiger partial charge in [0.2, 0.25) is 0 Å². The predicted octanol–water partition coefficient (Wildman–Crippen LogP) is 4.52. The van der Waals surface area contributed by atoms with Crippen molar-refractivity contribution in [3.63, 3.8) is 0 Å². The van der Waals surface area contributed by atoms with E-state index >= 15 is 0 Å². The number of benzene rings is 1. The van der Waals surface area contributed by atoms with Gasteiger partial charge in [0.25, 0.3) is 0 Å². The smallest absolute Gasteiger partial charge is 0.123 e. The van der Waals surface area contributed by atoms with Gasteiger partial charge in [0.1, 0.15) is 5.82 Å². The van der Waals surface area contributed by atoms with Gasteiger partial charge < -0.3 is 5.32 Å². The summed E-state index contributed by atoms with van der Waals surface area (Å²) in [6.45, 7) is 8.99. The molecule has 1 aromatic carbocycles. The average molecular weight is 265 g/mol. The summed E-state index contributed by atoms with van der Waals surface area (Å²) in [6, 6.07) is 7.33. The van der Waals surface area contributed by atoms with Crippen molar-refractivity contribution in [2.24, 2.45) is 5.92 Å². The Morgan fingerprint density at radius 2 is 1.68 bits per heavy atom. The second-order valence-electron chi connectivity index (χ2n) is 6.39. The van der Waals surface area contributed by atoms with E-state index in [1.54, 1.807) is 12.1 Å². The third-order valence-electron chi connectivity index (χ3n) is 4.08. The minimum atomic E-state index is -0.166. The lowest BCUT2D eigenvalue weighted by Crippen LogP contribution is -2.43. The highest BCUT2D eigenvalue weighted by atomic mass is 19.1. The second-order valence-corrected chi connectivity index (χ2v) is 6.39. The molecule has 1 N–H and O–H groups in total. The van der Waals surface area contributed by atoms with Crippen LogP contribution < -0.4 is 5.32 Å². The van der Waals surface area contributed by atoms with Gasteiger partial charge in [0.05, 0.1) is 0 Å². The standard InChI is InChI=1S/C17H28FN/c1-13(2)7-6-8-16(19-5)17(3,4)14-9-11-15(18)12-10-14/h9-13,16,19H,6-8H2,1-5H3. The minimum Gasteiger partial charge on any atom is -0.316 e. The SMILES string of the molecule is CNC(CCCC(C)C)C(C)(C)c1ccc(F)cc1. The van der Waals surface area contributed by atoms with Gasteiger partial charge in [-0.3, -0.25) is 0 Å². The number of halogens is 1. The maximum absolute atomic E-state index is 13.0. The number of hydrogen-bond acceptors (Lipinski definition) is 1. The summed E-state index contributed by atoms with van der Waals surface area (Å²) in [6.07, 6.45) is 3.64. The molecule has 0 bridgehead atoms. The van der Waals surface area contributed by atoms with E-state index in [1.807, 2.05) is 19.2 Å². The molecule has 1 unspecified atom stereocenters. The molecule has 0 saturated heterocycles. The average Bonchev–Trinajstić information content (AvgIpc) is 2.34. The Morgan fingerprint density at radius 1 is 1.11 bits per heavy atom. The fourth-order valence-corrected chi connectivity index (χ4v) is 2.68. The molecular weight excluding hydrogens is 237 g/mol. The molecular formula is C17H28FN. The van der Waals surface area contributed by atoms with Gasteiger partial charge in [-0.2, -0.15) is 0 Å². The number of nitrogens with one attached hydrogen (secondary N) is 1. The van der Waals surface area contributed by atoms with Crippen molar-refractivity contribution in [1.29, 1.82) is 0 Å². The number of hydrogen-bond donors (Lipinski definition) is 1. The lowest BCUT2D eigenvalue weighted by atomic mass is 9.75. The first-order valence-corrected chi connectivity index (χ1v) is 7.31. The summed E-state index contributed by atoms with van der Waals surface area (Å²) in [5, 5.41) is 3.44. The zero-order chi connectivity index (χ0) is 14.5. The molecule has 0 spiro atoms. The van der Waals surface area contributed by atoms with Crippen LogP contribution in [0.15, 0.2) is 24.3 Å². The van der Waals surface area contributed by atoms with Crippen LogP contribution in [0.25, 0.3) is 0 Å². The van der Waals surface area contributed by atoms with E-state index in [4.69, 9.17) is 0 Å². The predicted molar refractivity (Wildman–Crippen MR) is 81.0 cm³/mol. The van der Waals surface area contributed by atoms with Crippen molar-refractivity contribution in [3.8, 4) is 0 Å². The molecule has 0 aliphatic rings. The molecule has 0 amide bonds. The van der Waals surface area contributed by atoms with Gasteiger partial charge in [-0.1, -0.05) is 52.7 Å². The summed E-state index contributed by atoms with van der Waals surface area (Å²) in [4.78, 5) is 0. The number of rotatable bonds is 7. The Labute approximate surface area is 117 Å². The van der Waals surface area contributed by atoms with Crippen molar-refractivity contribution >= 4 is 0 Å². The van der Waals surface area contributed by atoms with Gasteiger partial charge in [0, 0.05) is 11.5 Å². The molecule has 1 aromatic rings. The molecule has 1 nitrogen and oxygen atoms in total. The largest absolute Gasteiger partial charge is 0.316 e. The summed E-state index contributed by atoms with van der Waals surface area (Å²) < 4.78 is 13.0. The van der Waals surface area contributed by atoms with Crippen molar-refractivity contribution in [2.75, 3.05) is 7.05 Å². The molecule has 0 aromatic heterocycles. The van der Waals surface area contributed by atoms with E-state index in [-0.39, 0.29) is 11.2 Å². The van der Waals surface area contributed by atoms with Crippen molar-refractivity contribution in [3.05, 3.63) is 35.6 Å². The van der Waals surface area contributed by atoms with Crippen LogP contribution in [0, 0.1) is 11.7 Å². The first-order chi connectivity index (χ1) is 8.87. The lowest BCUT2D eigenvalue weighted by molar-refractivity contribution is 0.325. The Kier molecular flexibility index (Phi) is 5.99. The fraction of sp³-hybridized carbons (Fsp3) is 0.647. The molecule has 2 heteroatoms. The van der Waals surface area contributed by atoms with Crippen LogP contribution in [0.5, 0.6) is 0 Å². The topological polar surface area (TPSA) is 12.0 Å². The molecule has 0 fully saturated rings. The van der Waals surface area contributed by atoms with Gasteiger partial charge in [-0.15, -0.1) is 0 Å². The molecule has 0 heterocycles. The van der Waals surface area contributed by atoms with Crippen LogP contribution in [-0.4, -0.2) is 13.1 Å². The van der Waals surface area contributed by atoms with Crippen LogP contribution in [0.2, 0.25) is 0 Å². The van der Waals surface area contributed by atoms with Crippen LogP contribution in [0.4, 0.5) is 4.39 Å².